The number of methoxy groups -OCH3 is 1. The summed E-state index contributed by atoms with van der Waals surface area (Å²) in [6, 6.07) is 7.35. The molecule has 86 valence electrons. The molecule has 16 heavy (non-hydrogen) atoms. The first-order valence-corrected chi connectivity index (χ1v) is 6.05. The zero-order valence-electron chi connectivity index (χ0n) is 9.52. The smallest absolute Gasteiger partial charge is 0.320 e. The highest BCUT2D eigenvalue weighted by molar-refractivity contribution is 7.98. The van der Waals surface area contributed by atoms with E-state index in [1.54, 1.807) is 23.9 Å². The number of rotatable bonds is 4. The van der Waals surface area contributed by atoms with Crippen molar-refractivity contribution in [3.05, 3.63) is 29.8 Å². The van der Waals surface area contributed by atoms with E-state index in [-0.39, 0.29) is 5.78 Å². The zero-order chi connectivity index (χ0) is 12.1. The topological polar surface area (TPSA) is 43.4 Å². The van der Waals surface area contributed by atoms with Gasteiger partial charge in [-0.1, -0.05) is 12.1 Å². The summed E-state index contributed by atoms with van der Waals surface area (Å²) in [6.45, 7) is 1.39. The minimum absolute atomic E-state index is 0.205. The van der Waals surface area contributed by atoms with Crippen LogP contribution in [0.5, 0.6) is 0 Å². The van der Waals surface area contributed by atoms with E-state index in [9.17, 15) is 9.59 Å². The number of Topliss-reactive ketones (excluding diaryl/α,β-unsaturated/α-hetero) is 1. The first kappa shape index (κ1) is 12.8. The van der Waals surface area contributed by atoms with Crippen molar-refractivity contribution in [2.75, 3.05) is 13.4 Å². The third-order valence-electron chi connectivity index (χ3n) is 2.29. The van der Waals surface area contributed by atoms with Gasteiger partial charge in [0, 0.05) is 4.90 Å². The van der Waals surface area contributed by atoms with Gasteiger partial charge in [-0.15, -0.1) is 11.8 Å². The SMILES string of the molecule is COC(=O)C(C(C)=O)c1ccc(SC)cc1. The summed E-state index contributed by atoms with van der Waals surface area (Å²) in [7, 11) is 1.29. The Morgan fingerprint density at radius 2 is 1.81 bits per heavy atom. The second-order valence-electron chi connectivity index (χ2n) is 3.34. The van der Waals surface area contributed by atoms with Crippen LogP contribution in [0.4, 0.5) is 0 Å². The predicted octanol–water partition coefficient (Wildman–Crippen LogP) is 2.25. The van der Waals surface area contributed by atoms with Crippen LogP contribution < -0.4 is 0 Å². The molecule has 0 N–H and O–H groups in total. The van der Waals surface area contributed by atoms with Gasteiger partial charge in [0.05, 0.1) is 7.11 Å². The quantitative estimate of drug-likeness (QED) is 0.458. The number of benzene rings is 1. The third-order valence-corrected chi connectivity index (χ3v) is 3.04. The molecule has 0 saturated heterocycles. The largest absolute Gasteiger partial charge is 0.468 e. The molecule has 1 aromatic carbocycles. The Bertz CT molecular complexity index is 384. The van der Waals surface area contributed by atoms with Crippen molar-refractivity contribution >= 4 is 23.5 Å². The molecule has 1 aromatic rings. The molecule has 0 aliphatic rings. The molecule has 1 atom stereocenters. The van der Waals surface area contributed by atoms with E-state index in [1.165, 1.54) is 14.0 Å². The summed E-state index contributed by atoms with van der Waals surface area (Å²) >= 11 is 1.61. The predicted molar refractivity (Wildman–Crippen MR) is 63.7 cm³/mol. The molecule has 0 aliphatic carbocycles. The van der Waals surface area contributed by atoms with Crippen LogP contribution >= 0.6 is 11.8 Å². The van der Waals surface area contributed by atoms with Crippen LogP contribution in [-0.2, 0) is 14.3 Å². The number of ether oxygens (including phenoxy) is 1. The van der Waals surface area contributed by atoms with E-state index in [1.807, 2.05) is 18.4 Å². The van der Waals surface area contributed by atoms with E-state index in [0.717, 1.165) is 4.90 Å². The van der Waals surface area contributed by atoms with Crippen molar-refractivity contribution in [2.45, 2.75) is 17.7 Å². The Kier molecular flexibility index (Phi) is 4.55. The summed E-state index contributed by atoms with van der Waals surface area (Å²) in [5.41, 5.74) is 0.678. The van der Waals surface area contributed by atoms with Crippen LogP contribution in [0, 0.1) is 0 Å². The lowest BCUT2D eigenvalue weighted by atomic mass is 9.96. The number of thioether (sulfide) groups is 1. The minimum Gasteiger partial charge on any atom is -0.468 e. The number of carbonyl (C=O) groups is 2. The van der Waals surface area contributed by atoms with Crippen LogP contribution in [0.3, 0.4) is 0 Å². The molecule has 0 radical (unpaired) electrons. The summed E-state index contributed by atoms with van der Waals surface area (Å²) in [6.07, 6.45) is 1.97. The molecule has 0 amide bonds. The number of hydrogen-bond donors (Lipinski definition) is 0. The zero-order valence-corrected chi connectivity index (χ0v) is 10.3. The van der Waals surface area contributed by atoms with Gasteiger partial charge in [-0.3, -0.25) is 9.59 Å². The van der Waals surface area contributed by atoms with Crippen molar-refractivity contribution in [1.29, 1.82) is 0 Å². The highest BCUT2D eigenvalue weighted by atomic mass is 32.2. The van der Waals surface area contributed by atoms with Gasteiger partial charge in [-0.2, -0.15) is 0 Å². The van der Waals surface area contributed by atoms with Crippen molar-refractivity contribution in [2.24, 2.45) is 0 Å². The molecular formula is C12H14O3S. The fourth-order valence-electron chi connectivity index (χ4n) is 1.45. The maximum atomic E-state index is 11.5. The van der Waals surface area contributed by atoms with Crippen molar-refractivity contribution in [1.82, 2.24) is 0 Å². The average Bonchev–Trinajstić information content (AvgIpc) is 2.29. The number of ketones is 1. The highest BCUT2D eigenvalue weighted by Crippen LogP contribution is 2.22. The standard InChI is InChI=1S/C12H14O3S/c1-8(13)11(12(14)15-2)9-4-6-10(16-3)7-5-9/h4-7,11H,1-3H3. The first-order valence-electron chi connectivity index (χ1n) is 4.82. The summed E-state index contributed by atoms with van der Waals surface area (Å²) in [5, 5.41) is 0. The van der Waals surface area contributed by atoms with E-state index >= 15 is 0 Å². The maximum Gasteiger partial charge on any atom is 0.320 e. The second kappa shape index (κ2) is 5.70. The Morgan fingerprint density at radius 1 is 1.25 bits per heavy atom. The van der Waals surface area contributed by atoms with Crippen molar-refractivity contribution in [3.63, 3.8) is 0 Å². The molecular weight excluding hydrogens is 224 g/mol. The molecule has 0 aromatic heterocycles. The molecule has 0 aliphatic heterocycles. The summed E-state index contributed by atoms with van der Waals surface area (Å²) < 4.78 is 4.62. The molecule has 0 bridgehead atoms. The van der Waals surface area contributed by atoms with E-state index in [0.29, 0.717) is 5.56 Å². The van der Waals surface area contributed by atoms with Gasteiger partial charge in [0.25, 0.3) is 0 Å². The van der Waals surface area contributed by atoms with Crippen LogP contribution in [0.2, 0.25) is 0 Å². The van der Waals surface area contributed by atoms with Crippen molar-refractivity contribution < 1.29 is 14.3 Å². The van der Waals surface area contributed by atoms with Crippen LogP contribution in [0.15, 0.2) is 29.2 Å². The van der Waals surface area contributed by atoms with Gasteiger partial charge in [-0.05, 0) is 30.9 Å². The molecule has 1 unspecified atom stereocenters. The van der Waals surface area contributed by atoms with Gasteiger partial charge in [0.15, 0.2) is 0 Å². The Morgan fingerprint density at radius 3 is 2.19 bits per heavy atom. The monoisotopic (exact) mass is 238 g/mol. The molecule has 0 heterocycles. The fourth-order valence-corrected chi connectivity index (χ4v) is 1.86. The lowest BCUT2D eigenvalue weighted by Gasteiger charge is -2.11. The van der Waals surface area contributed by atoms with Crippen LogP contribution in [0.25, 0.3) is 0 Å². The van der Waals surface area contributed by atoms with E-state index in [4.69, 9.17) is 0 Å². The maximum absolute atomic E-state index is 11.5. The molecule has 1 rings (SSSR count). The Balaban J connectivity index is 3.02. The Hall–Kier alpha value is -1.29. The summed E-state index contributed by atoms with van der Waals surface area (Å²) in [5.74, 6) is -1.52. The summed E-state index contributed by atoms with van der Waals surface area (Å²) in [4.78, 5) is 23.9. The number of esters is 1. The molecule has 0 spiro atoms. The van der Waals surface area contributed by atoms with Crippen LogP contribution in [-0.4, -0.2) is 25.1 Å². The van der Waals surface area contributed by atoms with Gasteiger partial charge < -0.3 is 4.74 Å². The second-order valence-corrected chi connectivity index (χ2v) is 4.22. The molecule has 4 heteroatoms. The molecule has 0 saturated carbocycles. The first-order chi connectivity index (χ1) is 7.60. The molecule has 3 nitrogen and oxygen atoms in total. The van der Waals surface area contributed by atoms with Gasteiger partial charge in [0.2, 0.25) is 0 Å². The minimum atomic E-state index is -0.805. The lowest BCUT2D eigenvalue weighted by Crippen LogP contribution is -2.21. The molecule has 0 fully saturated rings. The normalized spacial score (nSPS) is 11.9. The van der Waals surface area contributed by atoms with Gasteiger partial charge >= 0.3 is 5.97 Å². The van der Waals surface area contributed by atoms with Gasteiger partial charge in [-0.25, -0.2) is 0 Å². The number of carbonyl (C=O) groups excluding carboxylic acids is 2. The van der Waals surface area contributed by atoms with Gasteiger partial charge in [0.1, 0.15) is 11.7 Å². The van der Waals surface area contributed by atoms with Crippen LogP contribution in [0.1, 0.15) is 18.4 Å². The third kappa shape index (κ3) is 2.85. The highest BCUT2D eigenvalue weighted by Gasteiger charge is 2.25. The Labute approximate surface area is 99.2 Å². The van der Waals surface area contributed by atoms with Crippen molar-refractivity contribution in [3.8, 4) is 0 Å². The average molecular weight is 238 g/mol. The number of hydrogen-bond acceptors (Lipinski definition) is 4. The van der Waals surface area contributed by atoms with E-state index < -0.39 is 11.9 Å². The fraction of sp³-hybridized carbons (Fsp3) is 0.333. The van der Waals surface area contributed by atoms with E-state index in [2.05, 4.69) is 4.74 Å². The lowest BCUT2D eigenvalue weighted by molar-refractivity contribution is -0.145.